The lowest BCUT2D eigenvalue weighted by molar-refractivity contribution is 0.00219. The number of hydrogen-bond acceptors (Lipinski definition) is 2. The molecule has 0 aliphatic carbocycles. The molecule has 0 radical (unpaired) electrons. The topological polar surface area (TPSA) is 9.23 Å². The molecule has 2 atom stereocenters. The van der Waals surface area contributed by atoms with Gasteiger partial charge in [-0.05, 0) is 55.2 Å². The zero-order valence-electron chi connectivity index (χ0n) is 14.6. The quantitative estimate of drug-likeness (QED) is 0.612. The Morgan fingerprint density at radius 2 is 1.83 bits per heavy atom. The van der Waals surface area contributed by atoms with E-state index in [1.165, 1.54) is 11.1 Å². The maximum absolute atomic E-state index is 14.5. The van der Waals surface area contributed by atoms with Crippen molar-refractivity contribution in [1.29, 1.82) is 0 Å². The molecular weight excluding hydrogens is 319 g/mol. The minimum Gasteiger partial charge on any atom is -0.373 e. The molecule has 0 bridgehead atoms. The van der Waals surface area contributed by atoms with Gasteiger partial charge in [0.1, 0.15) is 5.82 Å². The summed E-state index contributed by atoms with van der Waals surface area (Å²) in [6.07, 6.45) is 2.20. The first-order valence-corrected chi connectivity index (χ1v) is 9.68. The third-order valence-electron chi connectivity index (χ3n) is 4.86. The Balaban J connectivity index is 1.70. The summed E-state index contributed by atoms with van der Waals surface area (Å²) < 4.78 is 20.6. The molecule has 0 aromatic heterocycles. The number of ether oxygens (including phenoxy) is 1. The van der Waals surface area contributed by atoms with Gasteiger partial charge in [-0.15, -0.1) is 11.8 Å². The van der Waals surface area contributed by atoms with E-state index >= 15 is 0 Å². The number of thioether (sulfide) groups is 1. The van der Waals surface area contributed by atoms with Gasteiger partial charge < -0.3 is 4.74 Å². The zero-order chi connectivity index (χ0) is 17.1. The van der Waals surface area contributed by atoms with Crippen LogP contribution in [0.5, 0.6) is 0 Å². The molecule has 2 aromatic carbocycles. The van der Waals surface area contributed by atoms with Crippen LogP contribution in [0.1, 0.15) is 54.0 Å². The van der Waals surface area contributed by atoms with E-state index in [1.807, 2.05) is 19.9 Å². The highest BCUT2D eigenvalue weighted by Crippen LogP contribution is 2.38. The minimum atomic E-state index is -0.0555. The summed E-state index contributed by atoms with van der Waals surface area (Å²) in [6, 6.07) is 12.6. The molecule has 0 amide bonds. The highest BCUT2D eigenvalue weighted by Gasteiger charge is 2.26. The molecule has 1 nitrogen and oxygen atoms in total. The average Bonchev–Trinajstić information content (AvgIpc) is 2.60. The molecule has 1 heterocycles. The lowest BCUT2D eigenvalue weighted by Crippen LogP contribution is -2.20. The second-order valence-electron chi connectivity index (χ2n) is 6.53. The third-order valence-corrected chi connectivity index (χ3v) is 5.77. The fraction of sp³-hybridized carbons (Fsp3) is 0.429. The van der Waals surface area contributed by atoms with Crippen LogP contribution in [-0.4, -0.2) is 12.4 Å². The van der Waals surface area contributed by atoms with Crippen molar-refractivity contribution < 1.29 is 9.13 Å². The van der Waals surface area contributed by atoms with E-state index in [9.17, 15) is 4.39 Å². The van der Waals surface area contributed by atoms with Crippen molar-refractivity contribution in [2.24, 2.45) is 0 Å². The molecule has 0 saturated carbocycles. The molecule has 24 heavy (non-hydrogen) atoms. The molecule has 2 aromatic rings. The molecule has 128 valence electrons. The lowest BCUT2D eigenvalue weighted by Gasteiger charge is -2.30. The van der Waals surface area contributed by atoms with Gasteiger partial charge >= 0.3 is 0 Å². The summed E-state index contributed by atoms with van der Waals surface area (Å²) in [5.41, 5.74) is 4.41. The van der Waals surface area contributed by atoms with Crippen LogP contribution in [0.3, 0.4) is 0 Å². The van der Waals surface area contributed by atoms with Crippen molar-refractivity contribution in [3.63, 3.8) is 0 Å². The van der Waals surface area contributed by atoms with Crippen LogP contribution in [0.15, 0.2) is 41.3 Å². The van der Waals surface area contributed by atoms with Gasteiger partial charge in [0.25, 0.3) is 0 Å². The number of halogens is 1. The van der Waals surface area contributed by atoms with E-state index in [2.05, 4.69) is 37.3 Å². The van der Waals surface area contributed by atoms with Crippen LogP contribution < -0.4 is 0 Å². The Bertz CT molecular complexity index is 688. The molecule has 1 aliphatic rings. The molecule has 0 N–H and O–H groups in total. The first kappa shape index (κ1) is 17.5. The predicted octanol–water partition coefficient (Wildman–Crippen LogP) is 6.19. The highest BCUT2D eigenvalue weighted by atomic mass is 32.2. The molecule has 2 unspecified atom stereocenters. The predicted molar refractivity (Wildman–Crippen MR) is 99.4 cm³/mol. The van der Waals surface area contributed by atoms with Crippen molar-refractivity contribution in [3.05, 3.63) is 64.5 Å². The Labute approximate surface area is 148 Å². The second kappa shape index (κ2) is 7.71. The number of rotatable bonds is 4. The summed E-state index contributed by atoms with van der Waals surface area (Å²) in [6.45, 7) is 6.71. The summed E-state index contributed by atoms with van der Waals surface area (Å²) in [4.78, 5) is 0.757. The standard InChI is InChI=1S/C21H25FOS/c1-4-24-20-12-10-18(15(3)21(20)22)17-9-11-19(23-13-17)16-7-5-14(2)6-8-16/h5-8,10,12,17,19H,4,9,11,13H2,1-3H3. The largest absolute Gasteiger partial charge is 0.373 e. The first-order chi connectivity index (χ1) is 11.6. The zero-order valence-corrected chi connectivity index (χ0v) is 15.5. The van der Waals surface area contributed by atoms with Crippen molar-refractivity contribution in [3.8, 4) is 0 Å². The fourth-order valence-corrected chi connectivity index (χ4v) is 4.18. The summed E-state index contributed by atoms with van der Waals surface area (Å²) >= 11 is 1.56. The van der Waals surface area contributed by atoms with E-state index in [0.29, 0.717) is 12.5 Å². The van der Waals surface area contributed by atoms with E-state index in [1.54, 1.807) is 11.8 Å². The number of benzene rings is 2. The normalized spacial score (nSPS) is 21.0. The Hall–Kier alpha value is -1.32. The molecule has 1 fully saturated rings. The number of hydrogen-bond donors (Lipinski definition) is 0. The van der Waals surface area contributed by atoms with Crippen LogP contribution in [0, 0.1) is 19.7 Å². The molecular formula is C21H25FOS. The monoisotopic (exact) mass is 344 g/mol. The van der Waals surface area contributed by atoms with Crippen molar-refractivity contribution in [2.45, 2.75) is 50.5 Å². The van der Waals surface area contributed by atoms with Crippen LogP contribution in [0.4, 0.5) is 4.39 Å². The van der Waals surface area contributed by atoms with Gasteiger partial charge in [-0.2, -0.15) is 0 Å². The van der Waals surface area contributed by atoms with Gasteiger partial charge in [-0.25, -0.2) is 4.39 Å². The van der Waals surface area contributed by atoms with Crippen LogP contribution in [-0.2, 0) is 4.74 Å². The maximum atomic E-state index is 14.5. The first-order valence-electron chi connectivity index (χ1n) is 8.70. The summed E-state index contributed by atoms with van der Waals surface area (Å²) in [5.74, 6) is 1.13. The molecule has 3 rings (SSSR count). The molecule has 0 spiro atoms. The molecule has 3 heteroatoms. The van der Waals surface area contributed by atoms with Gasteiger partial charge in [-0.3, -0.25) is 0 Å². The van der Waals surface area contributed by atoms with E-state index in [4.69, 9.17) is 4.74 Å². The van der Waals surface area contributed by atoms with Gasteiger partial charge in [0.15, 0.2) is 0 Å². The maximum Gasteiger partial charge on any atom is 0.139 e. The summed E-state index contributed by atoms with van der Waals surface area (Å²) in [7, 11) is 0. The smallest absolute Gasteiger partial charge is 0.139 e. The van der Waals surface area contributed by atoms with Crippen molar-refractivity contribution >= 4 is 11.8 Å². The lowest BCUT2D eigenvalue weighted by atomic mass is 9.87. The van der Waals surface area contributed by atoms with Gasteiger partial charge in [0.05, 0.1) is 12.7 Å². The van der Waals surface area contributed by atoms with Crippen LogP contribution >= 0.6 is 11.8 Å². The fourth-order valence-electron chi connectivity index (χ4n) is 3.43. The van der Waals surface area contributed by atoms with E-state index < -0.39 is 0 Å². The van der Waals surface area contributed by atoms with Gasteiger partial charge in [-0.1, -0.05) is 42.8 Å². The third kappa shape index (κ3) is 3.68. The Morgan fingerprint density at radius 1 is 1.08 bits per heavy atom. The minimum absolute atomic E-state index is 0.0555. The number of aryl methyl sites for hydroxylation is 1. The van der Waals surface area contributed by atoms with E-state index in [0.717, 1.165) is 34.6 Å². The Morgan fingerprint density at radius 3 is 2.46 bits per heavy atom. The van der Waals surface area contributed by atoms with Crippen molar-refractivity contribution in [2.75, 3.05) is 12.4 Å². The second-order valence-corrected chi connectivity index (χ2v) is 7.84. The van der Waals surface area contributed by atoms with Gasteiger partial charge in [0.2, 0.25) is 0 Å². The van der Waals surface area contributed by atoms with E-state index in [-0.39, 0.29) is 11.9 Å². The summed E-state index contributed by atoms with van der Waals surface area (Å²) in [5, 5.41) is 0. The molecule has 1 saturated heterocycles. The highest BCUT2D eigenvalue weighted by molar-refractivity contribution is 7.99. The van der Waals surface area contributed by atoms with Crippen LogP contribution in [0.25, 0.3) is 0 Å². The SMILES string of the molecule is CCSc1ccc(C2CCC(c3ccc(C)cc3)OC2)c(C)c1F. The van der Waals surface area contributed by atoms with Gasteiger partial charge in [0, 0.05) is 10.8 Å². The van der Waals surface area contributed by atoms with Crippen molar-refractivity contribution in [1.82, 2.24) is 0 Å². The average molecular weight is 344 g/mol. The Kier molecular flexibility index (Phi) is 5.62. The van der Waals surface area contributed by atoms with Crippen LogP contribution in [0.2, 0.25) is 0 Å². The molecule has 1 aliphatic heterocycles.